The molecule has 0 saturated heterocycles. The van der Waals surface area contributed by atoms with E-state index < -0.39 is 5.54 Å². The maximum absolute atomic E-state index is 13.6. The molecule has 0 bridgehead atoms. The molecular weight excluding hydrogens is 432 g/mol. The number of anilines is 2. The van der Waals surface area contributed by atoms with Crippen molar-refractivity contribution in [2.24, 2.45) is 7.05 Å². The largest absolute Gasteiger partial charge is 0.457 e. The Kier molecular flexibility index (Phi) is 5.30. The summed E-state index contributed by atoms with van der Waals surface area (Å²) in [7, 11) is 3.38. The van der Waals surface area contributed by atoms with Crippen molar-refractivity contribution in [2.45, 2.75) is 12.5 Å². The van der Waals surface area contributed by atoms with Crippen LogP contribution in [0.15, 0.2) is 67.0 Å². The van der Waals surface area contributed by atoms with Crippen LogP contribution in [0.3, 0.4) is 0 Å². The fourth-order valence-corrected chi connectivity index (χ4v) is 4.18. The number of ketones is 1. The first-order chi connectivity index (χ1) is 16.4. The molecule has 1 atom stereocenters. The van der Waals surface area contributed by atoms with Crippen molar-refractivity contribution < 1.29 is 19.1 Å². The van der Waals surface area contributed by atoms with E-state index in [2.05, 4.69) is 15.6 Å². The molecular formula is C26H24N4O4. The zero-order valence-corrected chi connectivity index (χ0v) is 19.1. The van der Waals surface area contributed by atoms with E-state index in [1.807, 2.05) is 41.9 Å². The Labute approximate surface area is 196 Å². The maximum Gasteiger partial charge on any atom is 0.252 e. The minimum absolute atomic E-state index is 0.154. The van der Waals surface area contributed by atoms with E-state index >= 15 is 0 Å². The molecule has 8 heteroatoms. The van der Waals surface area contributed by atoms with Crippen LogP contribution in [0.2, 0.25) is 0 Å². The van der Waals surface area contributed by atoms with E-state index in [0.717, 1.165) is 5.75 Å². The number of carbonyl (C=O) groups excluding carboxylic acids is 2. The van der Waals surface area contributed by atoms with Crippen molar-refractivity contribution >= 4 is 34.1 Å². The third-order valence-corrected chi connectivity index (χ3v) is 5.91. The second kappa shape index (κ2) is 8.31. The predicted molar refractivity (Wildman–Crippen MR) is 130 cm³/mol. The number of hydrogen-bond donors (Lipinski definition) is 2. The van der Waals surface area contributed by atoms with Gasteiger partial charge in [-0.05, 0) is 43.3 Å². The molecule has 0 aliphatic carbocycles. The summed E-state index contributed by atoms with van der Waals surface area (Å²) in [5.41, 5.74) is 1.83. The first kappa shape index (κ1) is 21.7. The number of carbonyl (C=O) groups is 2. The Bertz CT molecular complexity index is 1400. The average Bonchev–Trinajstić information content (AvgIpc) is 3.18. The Hall–Kier alpha value is -4.17. The van der Waals surface area contributed by atoms with E-state index in [0.29, 0.717) is 39.3 Å². The number of amides is 1. The second-order valence-corrected chi connectivity index (χ2v) is 8.51. The molecule has 4 aromatic rings. The van der Waals surface area contributed by atoms with Gasteiger partial charge in [0.05, 0.1) is 35.1 Å². The Morgan fingerprint density at radius 3 is 2.50 bits per heavy atom. The minimum atomic E-state index is -0.984. The van der Waals surface area contributed by atoms with Gasteiger partial charge in [-0.25, -0.2) is 4.98 Å². The van der Waals surface area contributed by atoms with Crippen LogP contribution in [0, 0.1) is 0 Å². The van der Waals surface area contributed by atoms with Crippen molar-refractivity contribution in [3.05, 3.63) is 78.1 Å². The average molecular weight is 457 g/mol. The van der Waals surface area contributed by atoms with E-state index in [-0.39, 0.29) is 18.3 Å². The summed E-state index contributed by atoms with van der Waals surface area (Å²) >= 11 is 0. The highest BCUT2D eigenvalue weighted by molar-refractivity contribution is 6.21. The van der Waals surface area contributed by atoms with Gasteiger partial charge in [0.25, 0.3) is 5.91 Å². The lowest BCUT2D eigenvalue weighted by Crippen LogP contribution is -2.53. The number of benzene rings is 2. The molecule has 2 aromatic carbocycles. The SMILES string of the molecule is COC[C@]1(C)Nc2c(cnc3c2c(C(=O)c2ccc(Oc4ccccc4)cc2)cn3C)NC1=O. The van der Waals surface area contributed by atoms with Crippen LogP contribution in [0.1, 0.15) is 22.8 Å². The lowest BCUT2D eigenvalue weighted by Gasteiger charge is -2.35. The van der Waals surface area contributed by atoms with E-state index in [9.17, 15) is 9.59 Å². The highest BCUT2D eigenvalue weighted by Crippen LogP contribution is 2.39. The normalized spacial score (nSPS) is 17.1. The van der Waals surface area contributed by atoms with Crippen LogP contribution < -0.4 is 15.4 Å². The number of aromatic nitrogens is 2. The molecule has 0 fully saturated rings. The van der Waals surface area contributed by atoms with Crippen molar-refractivity contribution in [2.75, 3.05) is 24.4 Å². The van der Waals surface area contributed by atoms with Crippen molar-refractivity contribution in [1.82, 2.24) is 9.55 Å². The van der Waals surface area contributed by atoms with E-state index in [1.54, 1.807) is 50.7 Å². The molecule has 8 nitrogen and oxygen atoms in total. The monoisotopic (exact) mass is 456 g/mol. The number of fused-ring (bicyclic) bond motifs is 3. The summed E-state index contributed by atoms with van der Waals surface area (Å²) in [5.74, 6) is 0.986. The van der Waals surface area contributed by atoms with Gasteiger partial charge in [0.2, 0.25) is 0 Å². The number of pyridine rings is 1. The van der Waals surface area contributed by atoms with Crippen LogP contribution in [0.4, 0.5) is 11.4 Å². The Morgan fingerprint density at radius 2 is 1.79 bits per heavy atom. The second-order valence-electron chi connectivity index (χ2n) is 8.51. The van der Waals surface area contributed by atoms with Gasteiger partial charge >= 0.3 is 0 Å². The predicted octanol–water partition coefficient (Wildman–Crippen LogP) is 4.37. The first-order valence-corrected chi connectivity index (χ1v) is 10.8. The van der Waals surface area contributed by atoms with Crippen LogP contribution in [0.25, 0.3) is 11.0 Å². The number of methoxy groups -OCH3 is 1. The molecule has 172 valence electrons. The minimum Gasteiger partial charge on any atom is -0.457 e. The van der Waals surface area contributed by atoms with Crippen molar-refractivity contribution in [1.29, 1.82) is 0 Å². The highest BCUT2D eigenvalue weighted by atomic mass is 16.5. The number of ether oxygens (including phenoxy) is 2. The molecule has 1 aliphatic heterocycles. The van der Waals surface area contributed by atoms with Gasteiger partial charge < -0.3 is 24.7 Å². The smallest absolute Gasteiger partial charge is 0.252 e. The molecule has 0 unspecified atom stereocenters. The van der Waals surface area contributed by atoms with Gasteiger partial charge in [-0.15, -0.1) is 0 Å². The van der Waals surface area contributed by atoms with Crippen molar-refractivity contribution in [3.63, 3.8) is 0 Å². The number of nitrogens with one attached hydrogen (secondary N) is 2. The fourth-order valence-electron chi connectivity index (χ4n) is 4.18. The fraction of sp³-hybridized carbons (Fsp3) is 0.192. The topological polar surface area (TPSA) is 94.5 Å². The number of rotatable bonds is 6. The lowest BCUT2D eigenvalue weighted by atomic mass is 9.96. The summed E-state index contributed by atoms with van der Waals surface area (Å²) in [6.45, 7) is 1.93. The maximum atomic E-state index is 13.6. The number of para-hydroxylation sites is 1. The summed E-state index contributed by atoms with van der Waals surface area (Å²) in [6, 6.07) is 16.5. The molecule has 1 amide bonds. The molecule has 0 radical (unpaired) electrons. The molecule has 2 N–H and O–H groups in total. The van der Waals surface area contributed by atoms with Crippen LogP contribution >= 0.6 is 0 Å². The highest BCUT2D eigenvalue weighted by Gasteiger charge is 2.39. The molecule has 5 rings (SSSR count). The quantitative estimate of drug-likeness (QED) is 0.419. The summed E-state index contributed by atoms with van der Waals surface area (Å²) < 4.78 is 12.9. The third-order valence-electron chi connectivity index (χ3n) is 5.91. The third kappa shape index (κ3) is 3.68. The van der Waals surface area contributed by atoms with Crippen LogP contribution in [-0.2, 0) is 16.6 Å². The standard InChI is InChI=1S/C26H24N4O4/c1-26(15-33-3)25(32)28-20-13-27-24-21(22(20)29-26)19(14-30(24)2)23(31)16-9-11-18(12-10-16)34-17-7-5-4-6-8-17/h4-14,29H,15H2,1-3H3,(H,28,32)/t26-/m0/s1. The molecule has 0 saturated carbocycles. The van der Waals surface area contributed by atoms with Crippen LogP contribution in [-0.4, -0.2) is 40.5 Å². The van der Waals surface area contributed by atoms with E-state index in [1.165, 1.54) is 0 Å². The zero-order chi connectivity index (χ0) is 23.9. The van der Waals surface area contributed by atoms with Gasteiger partial charge in [-0.1, -0.05) is 18.2 Å². The number of nitrogens with zero attached hydrogens (tertiary/aromatic N) is 2. The van der Waals surface area contributed by atoms with Crippen LogP contribution in [0.5, 0.6) is 11.5 Å². The molecule has 3 heterocycles. The van der Waals surface area contributed by atoms with Crippen molar-refractivity contribution in [3.8, 4) is 11.5 Å². The summed E-state index contributed by atoms with van der Waals surface area (Å²) in [4.78, 5) is 30.7. The molecule has 2 aromatic heterocycles. The molecule has 0 spiro atoms. The van der Waals surface area contributed by atoms with Gasteiger partial charge in [-0.3, -0.25) is 9.59 Å². The van der Waals surface area contributed by atoms with Gasteiger partial charge in [-0.2, -0.15) is 0 Å². The van der Waals surface area contributed by atoms with E-state index in [4.69, 9.17) is 9.47 Å². The number of aryl methyl sites for hydroxylation is 1. The number of hydrogen-bond acceptors (Lipinski definition) is 6. The van der Waals surface area contributed by atoms with Gasteiger partial charge in [0.15, 0.2) is 5.78 Å². The Balaban J connectivity index is 1.52. The Morgan fingerprint density at radius 1 is 1.09 bits per heavy atom. The summed E-state index contributed by atoms with van der Waals surface area (Å²) in [5, 5.41) is 6.84. The van der Waals surface area contributed by atoms with Gasteiger partial charge in [0.1, 0.15) is 22.7 Å². The molecule has 34 heavy (non-hydrogen) atoms. The lowest BCUT2D eigenvalue weighted by molar-refractivity contribution is -0.121. The first-order valence-electron chi connectivity index (χ1n) is 10.8. The summed E-state index contributed by atoms with van der Waals surface area (Å²) in [6.07, 6.45) is 3.36. The van der Waals surface area contributed by atoms with Gasteiger partial charge in [0, 0.05) is 25.9 Å². The molecule has 1 aliphatic rings. The zero-order valence-electron chi connectivity index (χ0n) is 19.1.